The molecule has 0 saturated heterocycles. The summed E-state index contributed by atoms with van der Waals surface area (Å²) < 4.78 is 5.79. The first-order valence-electron chi connectivity index (χ1n) is 7.71. The zero-order valence-corrected chi connectivity index (χ0v) is 12.8. The van der Waals surface area contributed by atoms with Crippen LogP contribution in [0.15, 0.2) is 54.4 Å². The topological polar surface area (TPSA) is 68.5 Å². The third kappa shape index (κ3) is 3.40. The van der Waals surface area contributed by atoms with Crippen LogP contribution in [0.4, 0.5) is 5.69 Å². The lowest BCUT2D eigenvalue weighted by atomic mass is 10.1. The largest absolute Gasteiger partial charge is 0.449 e. The Morgan fingerprint density at radius 1 is 1.13 bits per heavy atom. The Morgan fingerprint density at radius 2 is 1.96 bits per heavy atom. The minimum atomic E-state index is -0.147. The predicted molar refractivity (Wildman–Crippen MR) is 89.9 cm³/mol. The van der Waals surface area contributed by atoms with E-state index in [0.29, 0.717) is 24.5 Å². The van der Waals surface area contributed by atoms with Crippen LogP contribution in [0, 0.1) is 0 Å². The molecule has 0 unspecified atom stereocenters. The molecule has 118 valence electrons. The normalized spacial score (nSPS) is 15.4. The molecule has 1 aromatic carbocycles. The number of nitrogens with two attached hydrogens (primary N) is 1. The van der Waals surface area contributed by atoms with Gasteiger partial charge in [0.2, 0.25) is 0 Å². The van der Waals surface area contributed by atoms with Gasteiger partial charge in [-0.3, -0.25) is 9.78 Å². The summed E-state index contributed by atoms with van der Waals surface area (Å²) in [4.78, 5) is 18.7. The molecule has 0 spiro atoms. The van der Waals surface area contributed by atoms with E-state index in [9.17, 15) is 4.79 Å². The molecule has 5 heteroatoms. The van der Waals surface area contributed by atoms with E-state index in [2.05, 4.69) is 4.98 Å². The van der Waals surface area contributed by atoms with Crippen molar-refractivity contribution in [2.75, 3.05) is 18.0 Å². The Balaban J connectivity index is 1.92. The number of hydrogen-bond donors (Lipinski definition) is 1. The number of anilines is 1. The molecule has 3 rings (SSSR count). The highest BCUT2D eigenvalue weighted by Gasteiger charge is 2.29. The molecule has 1 aromatic heterocycles. The van der Waals surface area contributed by atoms with Crippen molar-refractivity contribution in [3.8, 4) is 5.75 Å². The number of amides is 1. The van der Waals surface area contributed by atoms with Crippen LogP contribution in [-0.2, 0) is 4.79 Å². The monoisotopic (exact) mass is 309 g/mol. The second-order valence-corrected chi connectivity index (χ2v) is 5.29. The van der Waals surface area contributed by atoms with Gasteiger partial charge >= 0.3 is 0 Å². The number of aromatic nitrogens is 1. The van der Waals surface area contributed by atoms with Gasteiger partial charge in [0.05, 0.1) is 11.4 Å². The van der Waals surface area contributed by atoms with Crippen LogP contribution >= 0.6 is 0 Å². The highest BCUT2D eigenvalue weighted by atomic mass is 16.5. The van der Waals surface area contributed by atoms with Gasteiger partial charge in [0.15, 0.2) is 11.5 Å². The van der Waals surface area contributed by atoms with E-state index < -0.39 is 0 Å². The summed E-state index contributed by atoms with van der Waals surface area (Å²) >= 11 is 0. The molecule has 1 amide bonds. The van der Waals surface area contributed by atoms with Gasteiger partial charge in [0, 0.05) is 18.8 Å². The lowest BCUT2D eigenvalue weighted by molar-refractivity contribution is -0.117. The molecule has 2 heterocycles. The average molecular weight is 309 g/mol. The Bertz CT molecular complexity index is 713. The Labute approximate surface area is 135 Å². The van der Waals surface area contributed by atoms with E-state index in [4.69, 9.17) is 10.5 Å². The molecule has 0 fully saturated rings. The maximum atomic E-state index is 12.8. The number of carbonyl (C=O) groups excluding carboxylic acids is 1. The average Bonchev–Trinajstić information content (AvgIpc) is 2.59. The van der Waals surface area contributed by atoms with Crippen molar-refractivity contribution in [2.24, 2.45) is 5.73 Å². The molecule has 1 aliphatic heterocycles. The minimum absolute atomic E-state index is 0.147. The SMILES string of the molecule is NCCCCN1C(=O)/C(=C\c2ccccn2)Oc2ccccc21. The lowest BCUT2D eigenvalue weighted by Crippen LogP contribution is -2.38. The zero-order chi connectivity index (χ0) is 16.1. The molecule has 0 bridgehead atoms. The molecule has 2 N–H and O–H groups in total. The van der Waals surface area contributed by atoms with Crippen molar-refractivity contribution >= 4 is 17.7 Å². The summed E-state index contributed by atoms with van der Waals surface area (Å²) in [5, 5.41) is 0. The highest BCUT2D eigenvalue weighted by Crippen LogP contribution is 2.35. The molecule has 5 nitrogen and oxygen atoms in total. The smallest absolute Gasteiger partial charge is 0.294 e. The molecule has 1 aliphatic rings. The van der Waals surface area contributed by atoms with Gasteiger partial charge in [0.1, 0.15) is 0 Å². The maximum Gasteiger partial charge on any atom is 0.294 e. The van der Waals surface area contributed by atoms with Crippen molar-refractivity contribution in [1.82, 2.24) is 4.98 Å². The molecule has 0 saturated carbocycles. The fourth-order valence-corrected chi connectivity index (χ4v) is 2.49. The van der Waals surface area contributed by atoms with Gasteiger partial charge in [-0.25, -0.2) is 0 Å². The van der Waals surface area contributed by atoms with E-state index >= 15 is 0 Å². The van der Waals surface area contributed by atoms with Gasteiger partial charge < -0.3 is 15.4 Å². The van der Waals surface area contributed by atoms with Crippen molar-refractivity contribution in [3.63, 3.8) is 0 Å². The number of hydrogen-bond acceptors (Lipinski definition) is 4. The third-order valence-corrected chi connectivity index (χ3v) is 3.63. The van der Waals surface area contributed by atoms with Crippen molar-refractivity contribution < 1.29 is 9.53 Å². The number of fused-ring (bicyclic) bond motifs is 1. The maximum absolute atomic E-state index is 12.8. The number of unbranched alkanes of at least 4 members (excludes halogenated alkanes) is 1. The summed E-state index contributed by atoms with van der Waals surface area (Å²) in [6.45, 7) is 1.24. The number of benzene rings is 1. The van der Waals surface area contributed by atoms with Crippen LogP contribution in [0.25, 0.3) is 6.08 Å². The number of pyridine rings is 1. The van der Waals surface area contributed by atoms with Crippen LogP contribution in [-0.4, -0.2) is 24.0 Å². The number of ether oxygens (including phenoxy) is 1. The summed E-state index contributed by atoms with van der Waals surface area (Å²) in [5.41, 5.74) is 7.05. The first kappa shape index (κ1) is 15.2. The van der Waals surface area contributed by atoms with Crippen LogP contribution in [0.3, 0.4) is 0 Å². The van der Waals surface area contributed by atoms with E-state index in [0.717, 1.165) is 18.5 Å². The molecule has 0 radical (unpaired) electrons. The molecule has 23 heavy (non-hydrogen) atoms. The van der Waals surface area contributed by atoms with Crippen LogP contribution < -0.4 is 15.4 Å². The summed E-state index contributed by atoms with van der Waals surface area (Å²) in [6, 6.07) is 13.1. The number of carbonyl (C=O) groups is 1. The Hall–Kier alpha value is -2.66. The summed E-state index contributed by atoms with van der Waals surface area (Å²) in [7, 11) is 0. The number of para-hydroxylation sites is 2. The molecular weight excluding hydrogens is 290 g/mol. The second-order valence-electron chi connectivity index (χ2n) is 5.29. The predicted octanol–water partition coefficient (Wildman–Crippen LogP) is 2.59. The Kier molecular flexibility index (Phi) is 4.68. The highest BCUT2D eigenvalue weighted by molar-refractivity contribution is 6.09. The fraction of sp³-hybridized carbons (Fsp3) is 0.222. The molecule has 0 atom stereocenters. The van der Waals surface area contributed by atoms with Gasteiger partial charge in [-0.15, -0.1) is 0 Å². The number of rotatable bonds is 5. The summed E-state index contributed by atoms with van der Waals surface area (Å²) in [5.74, 6) is 0.823. The molecular formula is C18H19N3O2. The van der Waals surface area contributed by atoms with Crippen molar-refractivity contribution in [3.05, 3.63) is 60.1 Å². The third-order valence-electron chi connectivity index (χ3n) is 3.63. The van der Waals surface area contributed by atoms with Gasteiger partial charge in [-0.2, -0.15) is 0 Å². The lowest BCUT2D eigenvalue weighted by Gasteiger charge is -2.30. The molecule has 0 aliphatic carbocycles. The number of nitrogens with zero attached hydrogens (tertiary/aromatic N) is 2. The minimum Gasteiger partial charge on any atom is -0.449 e. The fourth-order valence-electron chi connectivity index (χ4n) is 2.49. The van der Waals surface area contributed by atoms with Gasteiger partial charge in [-0.1, -0.05) is 18.2 Å². The van der Waals surface area contributed by atoms with Gasteiger partial charge in [0.25, 0.3) is 5.91 Å². The zero-order valence-electron chi connectivity index (χ0n) is 12.8. The molecule has 2 aromatic rings. The van der Waals surface area contributed by atoms with Crippen molar-refractivity contribution in [1.29, 1.82) is 0 Å². The Morgan fingerprint density at radius 3 is 2.74 bits per heavy atom. The second kappa shape index (κ2) is 7.07. The first-order chi connectivity index (χ1) is 11.3. The summed E-state index contributed by atoms with van der Waals surface area (Å²) in [6.07, 6.45) is 5.10. The van der Waals surface area contributed by atoms with Crippen LogP contribution in [0.5, 0.6) is 5.75 Å². The van der Waals surface area contributed by atoms with Crippen LogP contribution in [0.1, 0.15) is 18.5 Å². The van der Waals surface area contributed by atoms with Crippen LogP contribution in [0.2, 0.25) is 0 Å². The first-order valence-corrected chi connectivity index (χ1v) is 7.71. The van der Waals surface area contributed by atoms with E-state index in [1.54, 1.807) is 17.2 Å². The quantitative estimate of drug-likeness (QED) is 0.681. The van der Waals surface area contributed by atoms with E-state index in [1.165, 1.54) is 0 Å². The van der Waals surface area contributed by atoms with Gasteiger partial charge in [-0.05, 0) is 43.7 Å². The van der Waals surface area contributed by atoms with E-state index in [-0.39, 0.29) is 11.7 Å². The standard InChI is InChI=1S/C18H19N3O2/c19-10-4-6-12-21-15-8-1-2-9-16(15)23-17(18(21)22)13-14-7-3-5-11-20-14/h1-3,5,7-9,11,13H,4,6,10,12,19H2/b17-13+. The van der Waals surface area contributed by atoms with E-state index in [1.807, 2.05) is 42.5 Å². The van der Waals surface area contributed by atoms with Crippen molar-refractivity contribution in [2.45, 2.75) is 12.8 Å².